The van der Waals surface area contributed by atoms with Crippen LogP contribution in [0.15, 0.2) is 46.9 Å². The topological polar surface area (TPSA) is 58.2 Å². The van der Waals surface area contributed by atoms with Gasteiger partial charge in [0.25, 0.3) is 11.8 Å². The average molecular weight is 355 g/mol. The second kappa shape index (κ2) is 6.45. The molecule has 0 saturated heterocycles. The molecule has 2 aromatic rings. The lowest BCUT2D eigenvalue weighted by atomic mass is 10.2. The Morgan fingerprint density at radius 2 is 1.52 bits per heavy atom. The molecule has 0 unspecified atom stereocenters. The molecule has 0 aliphatic carbocycles. The van der Waals surface area contributed by atoms with Gasteiger partial charge in [0.15, 0.2) is 0 Å². The molecular formula is C14H9BrF2N2O2. The van der Waals surface area contributed by atoms with Crippen LogP contribution in [0.5, 0.6) is 0 Å². The second-order valence-electron chi connectivity index (χ2n) is 4.01. The first-order chi connectivity index (χ1) is 9.99. The quantitative estimate of drug-likeness (QED) is 0.814. The van der Waals surface area contributed by atoms with Crippen LogP contribution in [0.3, 0.4) is 0 Å². The summed E-state index contributed by atoms with van der Waals surface area (Å²) >= 11 is 3.19. The Hall–Kier alpha value is -2.28. The van der Waals surface area contributed by atoms with E-state index in [4.69, 9.17) is 0 Å². The van der Waals surface area contributed by atoms with Gasteiger partial charge < -0.3 is 0 Å². The van der Waals surface area contributed by atoms with Gasteiger partial charge in [-0.25, -0.2) is 8.78 Å². The third-order valence-corrected chi connectivity index (χ3v) is 3.28. The first kappa shape index (κ1) is 15.1. The van der Waals surface area contributed by atoms with Crippen molar-refractivity contribution in [3.8, 4) is 0 Å². The van der Waals surface area contributed by atoms with Crippen LogP contribution in [0.4, 0.5) is 8.78 Å². The molecule has 0 radical (unpaired) electrons. The molecule has 0 atom stereocenters. The summed E-state index contributed by atoms with van der Waals surface area (Å²) in [6, 6.07) is 9.12. The third-order valence-electron chi connectivity index (χ3n) is 2.58. The van der Waals surface area contributed by atoms with Crippen LogP contribution in [0, 0.1) is 11.6 Å². The minimum absolute atomic E-state index is 0.303. The van der Waals surface area contributed by atoms with Crippen LogP contribution in [0.2, 0.25) is 0 Å². The summed E-state index contributed by atoms with van der Waals surface area (Å²) in [4.78, 5) is 23.5. The number of nitrogens with one attached hydrogen (secondary N) is 2. The standard InChI is InChI=1S/C14H9BrF2N2O2/c15-11-4-2-1-3-9(11)13(20)18-19-14(21)10-6-5-8(16)7-12(10)17/h1-7H,(H,18,20)(H,19,21). The van der Waals surface area contributed by atoms with Gasteiger partial charge in [0.05, 0.1) is 11.1 Å². The number of amides is 2. The normalized spacial score (nSPS) is 10.0. The number of carbonyl (C=O) groups is 2. The van der Waals surface area contributed by atoms with Crippen LogP contribution in [-0.4, -0.2) is 11.8 Å². The zero-order valence-corrected chi connectivity index (χ0v) is 12.1. The molecule has 0 spiro atoms. The predicted octanol–water partition coefficient (Wildman–Crippen LogP) is 2.80. The van der Waals surface area contributed by atoms with Crippen molar-refractivity contribution in [2.45, 2.75) is 0 Å². The van der Waals surface area contributed by atoms with Gasteiger partial charge >= 0.3 is 0 Å². The monoisotopic (exact) mass is 354 g/mol. The Balaban J connectivity index is 2.04. The molecule has 0 aliphatic heterocycles. The molecule has 0 aliphatic rings. The van der Waals surface area contributed by atoms with Gasteiger partial charge in [0, 0.05) is 10.5 Å². The molecule has 2 amide bonds. The summed E-state index contributed by atoms with van der Waals surface area (Å²) < 4.78 is 26.7. The first-order valence-corrected chi connectivity index (χ1v) is 6.58. The smallest absolute Gasteiger partial charge is 0.267 e. The van der Waals surface area contributed by atoms with Gasteiger partial charge in [-0.05, 0) is 40.2 Å². The number of hydrazine groups is 1. The zero-order valence-electron chi connectivity index (χ0n) is 10.5. The summed E-state index contributed by atoms with van der Waals surface area (Å²) in [6.07, 6.45) is 0. The maximum Gasteiger partial charge on any atom is 0.272 e. The fourth-order valence-electron chi connectivity index (χ4n) is 1.57. The molecule has 0 fully saturated rings. The van der Waals surface area contributed by atoms with Gasteiger partial charge in [-0.3, -0.25) is 20.4 Å². The molecule has 2 N–H and O–H groups in total. The van der Waals surface area contributed by atoms with Crippen molar-refractivity contribution >= 4 is 27.7 Å². The lowest BCUT2D eigenvalue weighted by molar-refractivity contribution is 0.0844. The number of benzene rings is 2. The van der Waals surface area contributed by atoms with E-state index < -0.39 is 23.4 Å². The average Bonchev–Trinajstić information content (AvgIpc) is 2.45. The van der Waals surface area contributed by atoms with Gasteiger partial charge in [-0.2, -0.15) is 0 Å². The van der Waals surface area contributed by atoms with Gasteiger partial charge in [-0.15, -0.1) is 0 Å². The van der Waals surface area contributed by atoms with Gasteiger partial charge in [-0.1, -0.05) is 12.1 Å². The number of halogens is 3. The summed E-state index contributed by atoms with van der Waals surface area (Å²) in [7, 11) is 0. The summed E-state index contributed by atoms with van der Waals surface area (Å²) in [5.41, 5.74) is 4.15. The van der Waals surface area contributed by atoms with Crippen molar-refractivity contribution in [2.24, 2.45) is 0 Å². The van der Waals surface area contributed by atoms with Crippen molar-refractivity contribution in [1.29, 1.82) is 0 Å². The highest BCUT2D eigenvalue weighted by atomic mass is 79.9. The number of rotatable bonds is 2. The van der Waals surface area contributed by atoms with Crippen LogP contribution in [-0.2, 0) is 0 Å². The van der Waals surface area contributed by atoms with Crippen LogP contribution in [0.25, 0.3) is 0 Å². The first-order valence-electron chi connectivity index (χ1n) is 5.79. The highest BCUT2D eigenvalue weighted by Gasteiger charge is 2.14. The SMILES string of the molecule is O=C(NNC(=O)c1ccccc1Br)c1ccc(F)cc1F. The lowest BCUT2D eigenvalue weighted by Crippen LogP contribution is -2.42. The van der Waals surface area contributed by atoms with Gasteiger partial charge in [0.2, 0.25) is 0 Å². The van der Waals surface area contributed by atoms with Crippen molar-refractivity contribution in [3.63, 3.8) is 0 Å². The molecule has 2 aromatic carbocycles. The van der Waals surface area contributed by atoms with E-state index in [1.807, 2.05) is 0 Å². The fourth-order valence-corrected chi connectivity index (χ4v) is 2.03. The lowest BCUT2D eigenvalue weighted by Gasteiger charge is -2.09. The molecule has 2 rings (SSSR count). The van der Waals surface area contributed by atoms with E-state index in [1.54, 1.807) is 24.3 Å². The van der Waals surface area contributed by atoms with Crippen molar-refractivity contribution in [3.05, 3.63) is 69.7 Å². The molecule has 4 nitrogen and oxygen atoms in total. The Morgan fingerprint density at radius 3 is 2.14 bits per heavy atom. The molecule has 7 heteroatoms. The number of hydrogen-bond donors (Lipinski definition) is 2. The summed E-state index contributed by atoms with van der Waals surface area (Å²) in [6.45, 7) is 0. The molecule has 0 bridgehead atoms. The largest absolute Gasteiger partial charge is 0.272 e. The van der Waals surface area contributed by atoms with E-state index in [2.05, 4.69) is 26.8 Å². The van der Waals surface area contributed by atoms with Crippen molar-refractivity contribution < 1.29 is 18.4 Å². The van der Waals surface area contributed by atoms with E-state index in [1.165, 1.54) is 0 Å². The maximum absolute atomic E-state index is 13.4. The van der Waals surface area contributed by atoms with Crippen LogP contribution < -0.4 is 10.9 Å². The van der Waals surface area contributed by atoms with E-state index in [-0.39, 0.29) is 5.56 Å². The predicted molar refractivity (Wildman–Crippen MR) is 75.4 cm³/mol. The molecule has 0 heterocycles. The Morgan fingerprint density at radius 1 is 0.905 bits per heavy atom. The van der Waals surface area contributed by atoms with Crippen molar-refractivity contribution in [1.82, 2.24) is 10.9 Å². The second-order valence-corrected chi connectivity index (χ2v) is 4.87. The number of hydrogen-bond acceptors (Lipinski definition) is 2. The molecule has 108 valence electrons. The summed E-state index contributed by atoms with van der Waals surface area (Å²) in [5, 5.41) is 0. The molecule has 0 aromatic heterocycles. The van der Waals surface area contributed by atoms with Crippen LogP contribution in [0.1, 0.15) is 20.7 Å². The molecular weight excluding hydrogens is 346 g/mol. The van der Waals surface area contributed by atoms with Crippen molar-refractivity contribution in [2.75, 3.05) is 0 Å². The Bertz CT molecular complexity index is 707. The maximum atomic E-state index is 13.4. The zero-order chi connectivity index (χ0) is 15.4. The minimum atomic E-state index is -1.01. The Kier molecular flexibility index (Phi) is 4.64. The highest BCUT2D eigenvalue weighted by Crippen LogP contribution is 2.15. The Labute approximate surface area is 127 Å². The molecule has 0 saturated carbocycles. The third kappa shape index (κ3) is 3.63. The van der Waals surface area contributed by atoms with E-state index in [0.717, 1.165) is 12.1 Å². The number of carbonyl (C=O) groups excluding carboxylic acids is 2. The highest BCUT2D eigenvalue weighted by molar-refractivity contribution is 9.10. The van der Waals surface area contributed by atoms with Gasteiger partial charge in [0.1, 0.15) is 11.6 Å². The van der Waals surface area contributed by atoms with E-state index >= 15 is 0 Å². The molecule has 21 heavy (non-hydrogen) atoms. The van der Waals surface area contributed by atoms with E-state index in [9.17, 15) is 18.4 Å². The fraction of sp³-hybridized carbons (Fsp3) is 0. The minimum Gasteiger partial charge on any atom is -0.267 e. The summed E-state index contributed by atoms with van der Waals surface area (Å²) in [5.74, 6) is -3.25. The van der Waals surface area contributed by atoms with E-state index in [0.29, 0.717) is 16.1 Å². The van der Waals surface area contributed by atoms with Crippen LogP contribution >= 0.6 is 15.9 Å².